The molecular formula is C34H52O2S. The first-order chi connectivity index (χ1) is 17.5. The number of aryl methyl sites for hydroxylation is 2. The molecule has 2 aromatic carbocycles. The second-order valence-electron chi connectivity index (χ2n) is 13.0. The summed E-state index contributed by atoms with van der Waals surface area (Å²) in [6.07, 6.45) is 12.7. The second-order valence-corrected chi connectivity index (χ2v) is 14.0. The van der Waals surface area contributed by atoms with E-state index in [4.69, 9.17) is 9.47 Å². The summed E-state index contributed by atoms with van der Waals surface area (Å²) in [6, 6.07) is 9.62. The third-order valence-electron chi connectivity index (χ3n) is 7.78. The molecule has 0 aromatic heterocycles. The van der Waals surface area contributed by atoms with Crippen LogP contribution in [0, 0.1) is 0 Å². The number of methoxy groups -OCH3 is 2. The van der Waals surface area contributed by atoms with Gasteiger partial charge in [0.1, 0.15) is 11.5 Å². The standard InChI is InChI=1S/C34H52O2S/c1-33(2,3)29-19-25-17-15-13-11-9-10-12-14-16-18-26-20-30(34(4,5)6)22-28(32(26)36-8)24-37-23-27(21-29)31(25)35-7/h19-22H,9-18,23-24H2,1-8H3. The SMILES string of the molecule is COc1c2cc(C(C)(C)C)cc1CSCc1cc(C(C)(C)C)cc(c1OC)CCCCCCCCCC2. The van der Waals surface area contributed by atoms with Crippen molar-refractivity contribution in [1.29, 1.82) is 0 Å². The van der Waals surface area contributed by atoms with E-state index in [2.05, 4.69) is 65.8 Å². The highest BCUT2D eigenvalue weighted by molar-refractivity contribution is 7.97. The van der Waals surface area contributed by atoms with E-state index >= 15 is 0 Å². The molecule has 0 atom stereocenters. The molecule has 0 saturated carbocycles. The molecule has 0 radical (unpaired) electrons. The molecular weight excluding hydrogens is 472 g/mol. The summed E-state index contributed by atoms with van der Waals surface area (Å²) >= 11 is 1.98. The van der Waals surface area contributed by atoms with E-state index < -0.39 is 0 Å². The summed E-state index contributed by atoms with van der Waals surface area (Å²) in [7, 11) is 3.70. The normalized spacial score (nSPS) is 16.9. The van der Waals surface area contributed by atoms with Crippen molar-refractivity contribution in [3.05, 3.63) is 57.6 Å². The van der Waals surface area contributed by atoms with Crippen molar-refractivity contribution in [3.8, 4) is 11.5 Å². The number of thioether (sulfide) groups is 1. The van der Waals surface area contributed by atoms with Crippen LogP contribution >= 0.6 is 11.8 Å². The highest BCUT2D eigenvalue weighted by Crippen LogP contribution is 2.38. The first kappa shape index (κ1) is 29.9. The summed E-state index contributed by atoms with van der Waals surface area (Å²) in [5, 5.41) is 0. The first-order valence-corrected chi connectivity index (χ1v) is 15.7. The maximum atomic E-state index is 6.06. The molecule has 2 aromatic rings. The Kier molecular flexibility index (Phi) is 10.9. The van der Waals surface area contributed by atoms with E-state index in [0.29, 0.717) is 0 Å². The van der Waals surface area contributed by atoms with Gasteiger partial charge in [0.2, 0.25) is 0 Å². The van der Waals surface area contributed by atoms with Gasteiger partial charge in [0.25, 0.3) is 0 Å². The van der Waals surface area contributed by atoms with Gasteiger partial charge in [-0.2, -0.15) is 11.8 Å². The zero-order valence-corrected chi connectivity index (χ0v) is 25.8. The monoisotopic (exact) mass is 524 g/mol. The molecule has 0 saturated heterocycles. The van der Waals surface area contributed by atoms with Crippen LogP contribution in [0.4, 0.5) is 0 Å². The first-order valence-electron chi connectivity index (χ1n) is 14.5. The van der Waals surface area contributed by atoms with Gasteiger partial charge in [-0.3, -0.25) is 0 Å². The molecule has 0 aliphatic carbocycles. The van der Waals surface area contributed by atoms with Crippen LogP contribution in [0.25, 0.3) is 0 Å². The molecule has 4 bridgehead atoms. The Balaban J connectivity index is 1.99. The van der Waals surface area contributed by atoms with Crippen LogP contribution in [0.15, 0.2) is 24.3 Å². The largest absolute Gasteiger partial charge is 0.496 e. The topological polar surface area (TPSA) is 18.5 Å². The lowest BCUT2D eigenvalue weighted by Gasteiger charge is -2.24. The minimum absolute atomic E-state index is 0.120. The molecule has 1 aliphatic rings. The zero-order valence-electron chi connectivity index (χ0n) is 25.0. The van der Waals surface area contributed by atoms with Crippen LogP contribution in [0.1, 0.15) is 126 Å². The number of rotatable bonds is 2. The maximum absolute atomic E-state index is 6.06. The van der Waals surface area contributed by atoms with E-state index in [1.165, 1.54) is 84.7 Å². The number of benzene rings is 2. The Morgan fingerprint density at radius 1 is 0.514 bits per heavy atom. The fourth-order valence-electron chi connectivity index (χ4n) is 5.45. The Morgan fingerprint density at radius 2 is 0.838 bits per heavy atom. The smallest absolute Gasteiger partial charge is 0.126 e. The molecule has 3 rings (SSSR count). The van der Waals surface area contributed by atoms with Gasteiger partial charge >= 0.3 is 0 Å². The maximum Gasteiger partial charge on any atom is 0.126 e. The second kappa shape index (κ2) is 13.5. The van der Waals surface area contributed by atoms with Crippen molar-refractivity contribution < 1.29 is 9.47 Å². The van der Waals surface area contributed by atoms with Crippen molar-refractivity contribution in [3.63, 3.8) is 0 Å². The average Bonchev–Trinajstić information content (AvgIpc) is 2.83. The third kappa shape index (κ3) is 8.44. The third-order valence-corrected chi connectivity index (χ3v) is 8.81. The molecule has 0 spiro atoms. The van der Waals surface area contributed by atoms with Gasteiger partial charge in [-0.1, -0.05) is 104 Å². The Morgan fingerprint density at radius 3 is 1.16 bits per heavy atom. The average molecular weight is 525 g/mol. The number of ether oxygens (including phenoxy) is 2. The predicted molar refractivity (Wildman–Crippen MR) is 163 cm³/mol. The lowest BCUT2D eigenvalue weighted by molar-refractivity contribution is 0.404. The molecule has 0 N–H and O–H groups in total. The van der Waals surface area contributed by atoms with Crippen LogP contribution in [-0.2, 0) is 35.2 Å². The molecule has 0 fully saturated rings. The molecule has 3 heteroatoms. The number of hydrogen-bond acceptors (Lipinski definition) is 3. The minimum atomic E-state index is 0.120. The summed E-state index contributed by atoms with van der Waals surface area (Å²) in [5.74, 6) is 4.10. The van der Waals surface area contributed by atoms with Crippen LogP contribution in [0.2, 0.25) is 0 Å². The van der Waals surface area contributed by atoms with Gasteiger partial charge in [0, 0.05) is 22.6 Å². The quantitative estimate of drug-likeness (QED) is 0.389. The molecule has 206 valence electrons. The predicted octanol–water partition coefficient (Wildman–Crippen LogP) is 9.95. The van der Waals surface area contributed by atoms with Crippen molar-refractivity contribution in [2.75, 3.05) is 14.2 Å². The Hall–Kier alpha value is -1.61. The minimum Gasteiger partial charge on any atom is -0.496 e. The van der Waals surface area contributed by atoms with Crippen LogP contribution < -0.4 is 9.47 Å². The zero-order chi connectivity index (χ0) is 27.1. The van der Waals surface area contributed by atoms with Gasteiger partial charge in [0.15, 0.2) is 0 Å². The van der Waals surface area contributed by atoms with Gasteiger partial charge < -0.3 is 9.47 Å². The number of fused-ring (bicyclic) bond motifs is 4. The summed E-state index contributed by atoms with van der Waals surface area (Å²) in [5.41, 5.74) is 8.51. The summed E-state index contributed by atoms with van der Waals surface area (Å²) in [4.78, 5) is 0. The lowest BCUT2D eigenvalue weighted by Crippen LogP contribution is -2.13. The van der Waals surface area contributed by atoms with E-state index in [9.17, 15) is 0 Å². The molecule has 1 heterocycles. The molecule has 0 unspecified atom stereocenters. The van der Waals surface area contributed by atoms with E-state index in [1.807, 2.05) is 26.0 Å². The van der Waals surface area contributed by atoms with Crippen molar-refractivity contribution >= 4 is 11.8 Å². The molecule has 2 nitrogen and oxygen atoms in total. The van der Waals surface area contributed by atoms with Gasteiger partial charge in [-0.15, -0.1) is 0 Å². The van der Waals surface area contributed by atoms with Crippen LogP contribution in [0.5, 0.6) is 11.5 Å². The summed E-state index contributed by atoms with van der Waals surface area (Å²) < 4.78 is 12.1. The molecule has 37 heavy (non-hydrogen) atoms. The molecule has 0 amide bonds. The van der Waals surface area contributed by atoms with E-state index in [0.717, 1.165) is 35.8 Å². The van der Waals surface area contributed by atoms with E-state index in [1.54, 1.807) is 0 Å². The summed E-state index contributed by atoms with van der Waals surface area (Å²) in [6.45, 7) is 13.9. The van der Waals surface area contributed by atoms with Gasteiger partial charge in [-0.25, -0.2) is 0 Å². The Labute approximate surface area is 232 Å². The molecule has 1 aliphatic heterocycles. The number of hydrogen-bond donors (Lipinski definition) is 0. The van der Waals surface area contributed by atoms with E-state index in [-0.39, 0.29) is 10.8 Å². The highest BCUT2D eigenvalue weighted by atomic mass is 32.2. The fourth-order valence-corrected chi connectivity index (χ4v) is 6.42. The van der Waals surface area contributed by atoms with Crippen molar-refractivity contribution in [1.82, 2.24) is 0 Å². The van der Waals surface area contributed by atoms with Crippen molar-refractivity contribution in [2.24, 2.45) is 0 Å². The van der Waals surface area contributed by atoms with Crippen LogP contribution in [0.3, 0.4) is 0 Å². The fraction of sp³-hybridized carbons (Fsp3) is 0.647. The highest BCUT2D eigenvalue weighted by Gasteiger charge is 2.22. The lowest BCUT2D eigenvalue weighted by atomic mass is 9.84. The van der Waals surface area contributed by atoms with Crippen molar-refractivity contribution in [2.45, 2.75) is 128 Å². The van der Waals surface area contributed by atoms with Gasteiger partial charge in [0.05, 0.1) is 14.2 Å². The Bertz CT molecular complexity index is 928. The van der Waals surface area contributed by atoms with Crippen LogP contribution in [-0.4, -0.2) is 14.2 Å². The van der Waals surface area contributed by atoms with Gasteiger partial charge in [-0.05, 0) is 58.8 Å².